The largest absolute Gasteiger partial charge is 0.465 e. The molecular formula is C20H17N3O4. The molecule has 0 aliphatic heterocycles. The van der Waals surface area contributed by atoms with Gasteiger partial charge in [0.05, 0.1) is 24.7 Å². The first kappa shape index (κ1) is 18.0. The van der Waals surface area contributed by atoms with Gasteiger partial charge >= 0.3 is 12.1 Å². The van der Waals surface area contributed by atoms with E-state index in [1.54, 1.807) is 18.2 Å². The molecule has 0 spiro atoms. The molecule has 0 unspecified atom stereocenters. The monoisotopic (exact) mass is 363 g/mol. The molecule has 0 bridgehead atoms. The molecule has 0 atom stereocenters. The number of carbonyl (C=O) groups excluding carboxylic acids is 2. The minimum absolute atomic E-state index is 0.133. The summed E-state index contributed by atoms with van der Waals surface area (Å²) >= 11 is 0. The molecule has 0 saturated heterocycles. The number of fused-ring (bicyclic) bond motifs is 1. The zero-order chi connectivity index (χ0) is 19.1. The lowest BCUT2D eigenvalue weighted by molar-refractivity contribution is 0.0601. The van der Waals surface area contributed by atoms with E-state index in [0.29, 0.717) is 16.8 Å². The Morgan fingerprint density at radius 2 is 2.00 bits per heavy atom. The first-order valence-electron chi connectivity index (χ1n) is 8.17. The predicted molar refractivity (Wildman–Crippen MR) is 98.9 cm³/mol. The van der Waals surface area contributed by atoms with Crippen LogP contribution in [-0.2, 0) is 16.1 Å². The minimum atomic E-state index is -0.537. The normalized spacial score (nSPS) is 9.96. The third-order valence-electron chi connectivity index (χ3n) is 3.72. The van der Waals surface area contributed by atoms with E-state index in [1.165, 1.54) is 7.11 Å². The van der Waals surface area contributed by atoms with Gasteiger partial charge in [-0.3, -0.25) is 5.10 Å². The second-order valence-corrected chi connectivity index (χ2v) is 5.54. The molecule has 7 nitrogen and oxygen atoms in total. The SMILES string of the molecule is COC(=O)c1ccc2c(C#CCNC(=O)OCc3ccccc3)[nH]nc2c1. The highest BCUT2D eigenvalue weighted by Gasteiger charge is 2.09. The Bertz CT molecular complexity index is 1020. The van der Waals surface area contributed by atoms with Crippen molar-refractivity contribution < 1.29 is 19.1 Å². The summed E-state index contributed by atoms with van der Waals surface area (Å²) in [6, 6.07) is 14.4. The lowest BCUT2D eigenvalue weighted by Crippen LogP contribution is -2.24. The standard InChI is InChI=1S/C20H17N3O4/c1-26-19(24)15-9-10-16-17(22-23-18(16)12-15)8-5-11-21-20(25)27-13-14-6-3-2-4-7-14/h2-4,6-7,9-10,12H,11,13H2,1H3,(H,21,25)(H,22,23). The van der Waals surface area contributed by atoms with Gasteiger partial charge in [0.2, 0.25) is 0 Å². The topological polar surface area (TPSA) is 93.3 Å². The number of methoxy groups -OCH3 is 1. The van der Waals surface area contributed by atoms with E-state index in [-0.39, 0.29) is 13.2 Å². The minimum Gasteiger partial charge on any atom is -0.465 e. The summed E-state index contributed by atoms with van der Waals surface area (Å²) in [6.07, 6.45) is -0.537. The number of aromatic nitrogens is 2. The number of hydrogen-bond acceptors (Lipinski definition) is 5. The summed E-state index contributed by atoms with van der Waals surface area (Å²) < 4.78 is 9.78. The molecule has 1 amide bonds. The number of H-pyrrole nitrogens is 1. The summed E-state index contributed by atoms with van der Waals surface area (Å²) in [5.41, 5.74) is 2.53. The van der Waals surface area contributed by atoms with Gasteiger partial charge < -0.3 is 14.8 Å². The lowest BCUT2D eigenvalue weighted by atomic mass is 10.1. The van der Waals surface area contributed by atoms with Crippen molar-refractivity contribution in [2.75, 3.05) is 13.7 Å². The molecule has 0 saturated carbocycles. The second kappa shape index (κ2) is 8.54. The molecule has 2 N–H and O–H groups in total. The number of carbonyl (C=O) groups is 2. The number of amides is 1. The Kier molecular flexibility index (Phi) is 5.70. The number of esters is 1. The molecule has 0 aliphatic carbocycles. The highest BCUT2D eigenvalue weighted by Crippen LogP contribution is 2.17. The zero-order valence-corrected chi connectivity index (χ0v) is 14.6. The van der Waals surface area contributed by atoms with Crippen LogP contribution in [0.4, 0.5) is 4.79 Å². The number of ether oxygens (including phenoxy) is 2. The van der Waals surface area contributed by atoms with E-state index in [0.717, 1.165) is 10.9 Å². The predicted octanol–water partition coefficient (Wildman–Crippen LogP) is 2.63. The molecular weight excluding hydrogens is 346 g/mol. The number of nitrogens with one attached hydrogen (secondary N) is 2. The van der Waals surface area contributed by atoms with Crippen LogP contribution >= 0.6 is 0 Å². The summed E-state index contributed by atoms with van der Waals surface area (Å²) in [5.74, 6) is 5.31. The van der Waals surface area contributed by atoms with Crippen LogP contribution in [0.1, 0.15) is 21.6 Å². The number of rotatable bonds is 4. The van der Waals surface area contributed by atoms with Crippen molar-refractivity contribution in [1.29, 1.82) is 0 Å². The molecule has 0 aliphatic rings. The second-order valence-electron chi connectivity index (χ2n) is 5.54. The molecule has 0 radical (unpaired) electrons. The summed E-state index contributed by atoms with van der Waals surface area (Å²) in [4.78, 5) is 23.2. The average molecular weight is 363 g/mol. The molecule has 2 aromatic carbocycles. The summed E-state index contributed by atoms with van der Waals surface area (Å²) in [6.45, 7) is 0.336. The highest BCUT2D eigenvalue weighted by molar-refractivity contribution is 5.95. The van der Waals surface area contributed by atoms with Gasteiger partial charge in [-0.25, -0.2) is 9.59 Å². The Labute approximate surface area is 155 Å². The maximum atomic E-state index is 11.7. The van der Waals surface area contributed by atoms with Crippen LogP contribution in [-0.4, -0.2) is 35.9 Å². The van der Waals surface area contributed by atoms with Gasteiger partial charge in [0.1, 0.15) is 12.3 Å². The molecule has 3 rings (SSSR count). The number of nitrogens with zero attached hydrogens (tertiary/aromatic N) is 1. The molecule has 0 fully saturated rings. The van der Waals surface area contributed by atoms with E-state index in [9.17, 15) is 9.59 Å². The van der Waals surface area contributed by atoms with Crippen molar-refractivity contribution in [3.63, 3.8) is 0 Å². The average Bonchev–Trinajstić information content (AvgIpc) is 3.12. The van der Waals surface area contributed by atoms with Gasteiger partial charge in [-0.1, -0.05) is 36.3 Å². The van der Waals surface area contributed by atoms with Crippen LogP contribution in [0.2, 0.25) is 0 Å². The van der Waals surface area contributed by atoms with Crippen molar-refractivity contribution in [1.82, 2.24) is 15.5 Å². The Balaban J connectivity index is 1.55. The van der Waals surface area contributed by atoms with Crippen LogP contribution in [0.3, 0.4) is 0 Å². The number of hydrogen-bond donors (Lipinski definition) is 2. The third kappa shape index (κ3) is 4.64. The van der Waals surface area contributed by atoms with Gasteiger partial charge in [0.25, 0.3) is 0 Å². The van der Waals surface area contributed by atoms with Crippen LogP contribution < -0.4 is 5.32 Å². The third-order valence-corrected chi connectivity index (χ3v) is 3.72. The van der Waals surface area contributed by atoms with E-state index in [2.05, 4.69) is 32.1 Å². The number of aromatic amines is 1. The van der Waals surface area contributed by atoms with Crippen molar-refractivity contribution in [3.8, 4) is 11.8 Å². The molecule has 136 valence electrons. The molecule has 3 aromatic rings. The van der Waals surface area contributed by atoms with E-state index >= 15 is 0 Å². The highest BCUT2D eigenvalue weighted by atomic mass is 16.5. The first-order valence-corrected chi connectivity index (χ1v) is 8.17. The molecule has 27 heavy (non-hydrogen) atoms. The number of benzene rings is 2. The molecule has 1 heterocycles. The molecule has 1 aromatic heterocycles. The van der Waals surface area contributed by atoms with Crippen LogP contribution in [0.25, 0.3) is 10.9 Å². The summed E-state index contributed by atoms with van der Waals surface area (Å²) in [7, 11) is 1.33. The van der Waals surface area contributed by atoms with Crippen LogP contribution in [0.15, 0.2) is 48.5 Å². The van der Waals surface area contributed by atoms with Gasteiger partial charge in [-0.15, -0.1) is 0 Å². The zero-order valence-electron chi connectivity index (χ0n) is 14.6. The fourth-order valence-electron chi connectivity index (χ4n) is 2.38. The van der Waals surface area contributed by atoms with Crippen molar-refractivity contribution in [2.24, 2.45) is 0 Å². The Morgan fingerprint density at radius 3 is 2.78 bits per heavy atom. The van der Waals surface area contributed by atoms with E-state index < -0.39 is 12.1 Å². The van der Waals surface area contributed by atoms with Crippen molar-refractivity contribution in [3.05, 3.63) is 65.4 Å². The maximum Gasteiger partial charge on any atom is 0.408 e. The maximum absolute atomic E-state index is 11.7. The van der Waals surface area contributed by atoms with Crippen LogP contribution in [0.5, 0.6) is 0 Å². The van der Waals surface area contributed by atoms with Crippen molar-refractivity contribution >= 4 is 23.0 Å². The quantitative estimate of drug-likeness (QED) is 0.549. The Hall–Kier alpha value is -3.79. The van der Waals surface area contributed by atoms with E-state index in [4.69, 9.17) is 4.74 Å². The fraction of sp³-hybridized carbons (Fsp3) is 0.150. The Morgan fingerprint density at radius 1 is 1.19 bits per heavy atom. The van der Waals surface area contributed by atoms with Gasteiger partial charge in [-0.2, -0.15) is 5.10 Å². The lowest BCUT2D eigenvalue weighted by Gasteiger charge is -2.04. The smallest absolute Gasteiger partial charge is 0.408 e. The number of alkyl carbamates (subject to hydrolysis) is 1. The van der Waals surface area contributed by atoms with Gasteiger partial charge in [-0.05, 0) is 29.7 Å². The molecule has 7 heteroatoms. The van der Waals surface area contributed by atoms with Gasteiger partial charge in [0, 0.05) is 5.39 Å². The van der Waals surface area contributed by atoms with Crippen molar-refractivity contribution in [2.45, 2.75) is 6.61 Å². The van der Waals surface area contributed by atoms with Gasteiger partial charge in [0.15, 0.2) is 0 Å². The first-order chi connectivity index (χ1) is 13.2. The van der Waals surface area contributed by atoms with E-state index in [1.807, 2.05) is 30.3 Å². The summed E-state index contributed by atoms with van der Waals surface area (Å²) in [5, 5.41) is 10.3. The van der Waals surface area contributed by atoms with Crippen LogP contribution in [0, 0.1) is 11.8 Å². The fourth-order valence-corrected chi connectivity index (χ4v) is 2.38.